The Morgan fingerprint density at radius 1 is 1.36 bits per heavy atom. The number of nitrogens with two attached hydrogens (primary N) is 1. The van der Waals surface area contributed by atoms with Crippen molar-refractivity contribution in [2.75, 3.05) is 26.2 Å². The third-order valence-corrected chi connectivity index (χ3v) is 4.03. The molecule has 0 unspecified atom stereocenters. The number of carbonyl (C=O) groups excluding carboxylic acids is 1. The molecule has 0 atom stereocenters. The lowest BCUT2D eigenvalue weighted by molar-refractivity contribution is -0.385. The average molecular weight is 361 g/mol. The Hall–Kier alpha value is -2.36. The molecule has 7 nitrogen and oxygen atoms in total. The Bertz CT molecular complexity index is 643. The molecule has 1 saturated heterocycles. The van der Waals surface area contributed by atoms with E-state index in [2.05, 4.69) is 4.74 Å². The number of benzene rings is 1. The molecule has 0 bridgehead atoms. The van der Waals surface area contributed by atoms with Gasteiger partial charge in [0.25, 0.3) is 11.6 Å². The standard InChI is InChI=1S/C15H18F3N3O4/c16-15(17,18)9-25-11-1-2-13(21(23)24)12(7-11)14(22)20-5-3-10(8-19)4-6-20/h1-2,7,10H,3-6,8-9,19H2. The maximum absolute atomic E-state index is 12.6. The van der Waals surface area contributed by atoms with Gasteiger partial charge in [-0.25, -0.2) is 0 Å². The first-order valence-electron chi connectivity index (χ1n) is 7.68. The van der Waals surface area contributed by atoms with Gasteiger partial charge in [-0.15, -0.1) is 0 Å². The molecule has 138 valence electrons. The molecule has 1 amide bonds. The van der Waals surface area contributed by atoms with Crippen LogP contribution in [0.25, 0.3) is 0 Å². The summed E-state index contributed by atoms with van der Waals surface area (Å²) >= 11 is 0. The van der Waals surface area contributed by atoms with E-state index in [1.165, 1.54) is 4.90 Å². The van der Waals surface area contributed by atoms with Crippen LogP contribution in [0, 0.1) is 16.0 Å². The van der Waals surface area contributed by atoms with Crippen LogP contribution in [0.15, 0.2) is 18.2 Å². The van der Waals surface area contributed by atoms with Gasteiger partial charge < -0.3 is 15.4 Å². The molecule has 1 aromatic carbocycles. The van der Waals surface area contributed by atoms with E-state index in [9.17, 15) is 28.1 Å². The first-order valence-corrected chi connectivity index (χ1v) is 7.68. The van der Waals surface area contributed by atoms with Crippen LogP contribution in [-0.4, -0.2) is 48.1 Å². The van der Waals surface area contributed by atoms with Crippen LogP contribution in [0.3, 0.4) is 0 Å². The van der Waals surface area contributed by atoms with Crippen molar-refractivity contribution in [3.05, 3.63) is 33.9 Å². The summed E-state index contributed by atoms with van der Waals surface area (Å²) in [5.74, 6) is -0.553. The van der Waals surface area contributed by atoms with Gasteiger partial charge >= 0.3 is 6.18 Å². The van der Waals surface area contributed by atoms with E-state index >= 15 is 0 Å². The van der Waals surface area contributed by atoms with Crippen molar-refractivity contribution in [1.29, 1.82) is 0 Å². The van der Waals surface area contributed by atoms with E-state index in [1.54, 1.807) is 0 Å². The topological polar surface area (TPSA) is 98.7 Å². The lowest BCUT2D eigenvalue weighted by atomic mass is 9.96. The molecule has 2 rings (SSSR count). The number of likely N-dealkylation sites (tertiary alicyclic amines) is 1. The number of nitro benzene ring substituents is 1. The molecule has 0 aliphatic carbocycles. The van der Waals surface area contributed by atoms with Crippen LogP contribution in [0.2, 0.25) is 0 Å². The molecule has 0 aromatic heterocycles. The van der Waals surface area contributed by atoms with Crippen molar-refractivity contribution in [1.82, 2.24) is 4.90 Å². The first kappa shape index (κ1) is 19.0. The summed E-state index contributed by atoms with van der Waals surface area (Å²) in [6, 6.07) is 3.01. The lowest BCUT2D eigenvalue weighted by Gasteiger charge is -2.31. The smallest absolute Gasteiger partial charge is 0.422 e. The lowest BCUT2D eigenvalue weighted by Crippen LogP contribution is -2.40. The Labute approximate surface area is 141 Å². The number of halogens is 3. The number of rotatable bonds is 5. The highest BCUT2D eigenvalue weighted by molar-refractivity contribution is 5.98. The van der Waals surface area contributed by atoms with Crippen LogP contribution in [-0.2, 0) is 0 Å². The minimum Gasteiger partial charge on any atom is -0.484 e. The molecule has 0 spiro atoms. The highest BCUT2D eigenvalue weighted by Crippen LogP contribution is 2.28. The average Bonchev–Trinajstić information content (AvgIpc) is 2.58. The largest absolute Gasteiger partial charge is 0.484 e. The maximum atomic E-state index is 12.6. The van der Waals surface area contributed by atoms with E-state index in [0.29, 0.717) is 38.4 Å². The monoisotopic (exact) mass is 361 g/mol. The normalized spacial score (nSPS) is 15.9. The number of piperidine rings is 1. The minimum atomic E-state index is -4.55. The van der Waals surface area contributed by atoms with Gasteiger partial charge in [0.05, 0.1) is 4.92 Å². The van der Waals surface area contributed by atoms with Crippen molar-refractivity contribution >= 4 is 11.6 Å². The number of alkyl halides is 3. The molecule has 1 fully saturated rings. The van der Waals surface area contributed by atoms with Crippen LogP contribution in [0.5, 0.6) is 5.75 Å². The molecule has 1 aromatic rings. The fourth-order valence-electron chi connectivity index (χ4n) is 2.64. The highest BCUT2D eigenvalue weighted by Gasteiger charge is 2.31. The number of amides is 1. The van der Waals surface area contributed by atoms with Gasteiger partial charge in [-0.2, -0.15) is 13.2 Å². The molecular formula is C15H18F3N3O4. The third kappa shape index (κ3) is 5.05. The summed E-state index contributed by atoms with van der Waals surface area (Å²) in [5.41, 5.74) is 4.84. The van der Waals surface area contributed by atoms with Crippen LogP contribution in [0.1, 0.15) is 23.2 Å². The molecule has 1 heterocycles. The zero-order chi connectivity index (χ0) is 18.6. The number of nitro groups is 1. The second-order valence-electron chi connectivity index (χ2n) is 5.81. The second kappa shape index (κ2) is 7.68. The van der Waals surface area contributed by atoms with Gasteiger partial charge in [0.1, 0.15) is 11.3 Å². The summed E-state index contributed by atoms with van der Waals surface area (Å²) in [4.78, 5) is 24.4. The second-order valence-corrected chi connectivity index (χ2v) is 5.81. The molecule has 25 heavy (non-hydrogen) atoms. The Morgan fingerprint density at radius 3 is 2.52 bits per heavy atom. The van der Waals surface area contributed by atoms with E-state index in [-0.39, 0.29) is 11.3 Å². The number of hydrogen-bond acceptors (Lipinski definition) is 5. The van der Waals surface area contributed by atoms with Gasteiger partial charge in [-0.1, -0.05) is 0 Å². The van der Waals surface area contributed by atoms with Gasteiger partial charge in [0.15, 0.2) is 6.61 Å². The Kier molecular flexibility index (Phi) is 5.83. The van der Waals surface area contributed by atoms with Crippen molar-refractivity contribution in [2.24, 2.45) is 11.7 Å². The summed E-state index contributed by atoms with van der Waals surface area (Å²) in [6.45, 7) is -0.250. The Balaban J connectivity index is 2.21. The summed E-state index contributed by atoms with van der Waals surface area (Å²) in [6.07, 6.45) is -3.18. The number of hydrogen-bond donors (Lipinski definition) is 1. The quantitative estimate of drug-likeness (QED) is 0.641. The molecule has 1 aliphatic rings. The molecule has 10 heteroatoms. The van der Waals surface area contributed by atoms with Gasteiger partial charge in [0.2, 0.25) is 0 Å². The number of carbonyl (C=O) groups is 1. The van der Waals surface area contributed by atoms with E-state index < -0.39 is 29.3 Å². The van der Waals surface area contributed by atoms with Gasteiger partial charge in [-0.3, -0.25) is 14.9 Å². The maximum Gasteiger partial charge on any atom is 0.422 e. The number of nitrogens with zero attached hydrogens (tertiary/aromatic N) is 2. The predicted octanol–water partition coefficient (Wildman–Crippen LogP) is 2.35. The molecule has 0 saturated carbocycles. The fraction of sp³-hybridized carbons (Fsp3) is 0.533. The van der Waals surface area contributed by atoms with Gasteiger partial charge in [0, 0.05) is 19.2 Å². The van der Waals surface area contributed by atoms with Crippen molar-refractivity contribution in [3.63, 3.8) is 0 Å². The zero-order valence-corrected chi connectivity index (χ0v) is 13.3. The first-order chi connectivity index (χ1) is 11.7. The summed E-state index contributed by atoms with van der Waals surface area (Å²) in [5, 5.41) is 11.1. The SMILES string of the molecule is NCC1CCN(C(=O)c2cc(OCC(F)(F)F)ccc2[N+](=O)[O-])CC1. The van der Waals surface area contributed by atoms with Crippen LogP contribution >= 0.6 is 0 Å². The van der Waals surface area contributed by atoms with Crippen LogP contribution < -0.4 is 10.5 Å². The predicted molar refractivity (Wildman–Crippen MR) is 82.3 cm³/mol. The third-order valence-electron chi connectivity index (χ3n) is 4.03. The minimum absolute atomic E-state index is 0.247. The fourth-order valence-corrected chi connectivity index (χ4v) is 2.64. The highest BCUT2D eigenvalue weighted by atomic mass is 19.4. The Morgan fingerprint density at radius 2 is 2.00 bits per heavy atom. The van der Waals surface area contributed by atoms with E-state index in [4.69, 9.17) is 5.73 Å². The zero-order valence-electron chi connectivity index (χ0n) is 13.3. The van der Waals surface area contributed by atoms with Gasteiger partial charge in [-0.05, 0) is 37.4 Å². The van der Waals surface area contributed by atoms with Crippen molar-refractivity contribution in [3.8, 4) is 5.75 Å². The number of ether oxygens (including phenoxy) is 1. The summed E-state index contributed by atoms with van der Waals surface area (Å²) < 4.78 is 41.3. The summed E-state index contributed by atoms with van der Waals surface area (Å²) in [7, 11) is 0. The molecule has 1 aliphatic heterocycles. The van der Waals surface area contributed by atoms with Crippen LogP contribution in [0.4, 0.5) is 18.9 Å². The molecule has 0 radical (unpaired) electrons. The van der Waals surface area contributed by atoms with Crippen molar-refractivity contribution in [2.45, 2.75) is 19.0 Å². The molecular weight excluding hydrogens is 343 g/mol. The van der Waals surface area contributed by atoms with E-state index in [1.807, 2.05) is 0 Å². The van der Waals surface area contributed by atoms with E-state index in [0.717, 1.165) is 18.2 Å². The van der Waals surface area contributed by atoms with Crippen molar-refractivity contribution < 1.29 is 27.6 Å². The molecule has 2 N–H and O–H groups in total.